The van der Waals surface area contributed by atoms with Gasteiger partial charge in [0.15, 0.2) is 0 Å². The molecule has 3 aliphatic rings. The van der Waals surface area contributed by atoms with Crippen molar-refractivity contribution in [1.29, 1.82) is 0 Å². The van der Waals surface area contributed by atoms with Crippen LogP contribution in [-0.2, 0) is 17.8 Å². The number of aromatic nitrogens is 3. The Labute approximate surface area is 153 Å². The number of hydrogen-bond acceptors (Lipinski definition) is 7. The standard InChI is InChI=1S/C19H24N6O/c1-2-5-20-18(3-1)24-8-6-23(7-9-24)15-11-25(12-15)19-16-13-26-10-4-17(16)21-14-22-19/h1-3,5,14-15H,4,6-13H2. The Hall–Kier alpha value is -2.25. The molecule has 0 N–H and O–H groups in total. The van der Waals surface area contributed by atoms with E-state index in [1.54, 1.807) is 6.33 Å². The first kappa shape index (κ1) is 16.0. The first-order chi connectivity index (χ1) is 12.9. The molecule has 0 amide bonds. The minimum Gasteiger partial charge on any atom is -0.376 e. The van der Waals surface area contributed by atoms with E-state index >= 15 is 0 Å². The molecule has 0 spiro atoms. The van der Waals surface area contributed by atoms with Crippen molar-refractivity contribution in [1.82, 2.24) is 19.9 Å². The van der Waals surface area contributed by atoms with Crippen LogP contribution < -0.4 is 9.80 Å². The van der Waals surface area contributed by atoms with Crippen LogP contribution in [0.5, 0.6) is 0 Å². The van der Waals surface area contributed by atoms with Gasteiger partial charge in [-0.05, 0) is 12.1 Å². The van der Waals surface area contributed by atoms with Gasteiger partial charge < -0.3 is 14.5 Å². The summed E-state index contributed by atoms with van der Waals surface area (Å²) in [6.07, 6.45) is 4.48. The zero-order chi connectivity index (χ0) is 17.3. The Morgan fingerprint density at radius 3 is 2.65 bits per heavy atom. The van der Waals surface area contributed by atoms with Crippen molar-refractivity contribution in [2.75, 3.05) is 55.7 Å². The van der Waals surface area contributed by atoms with E-state index in [2.05, 4.69) is 41.8 Å². The van der Waals surface area contributed by atoms with Crippen LogP contribution in [-0.4, -0.2) is 71.8 Å². The summed E-state index contributed by atoms with van der Waals surface area (Å²) < 4.78 is 5.62. The van der Waals surface area contributed by atoms with Gasteiger partial charge in [0.1, 0.15) is 18.0 Å². The van der Waals surface area contributed by atoms with E-state index < -0.39 is 0 Å². The van der Waals surface area contributed by atoms with Crippen molar-refractivity contribution in [2.45, 2.75) is 19.1 Å². The SMILES string of the molecule is c1ccc(N2CCN(C3CN(c4ncnc5c4COCC5)C3)CC2)nc1. The van der Waals surface area contributed by atoms with Gasteiger partial charge in [-0.15, -0.1) is 0 Å². The van der Waals surface area contributed by atoms with Crippen molar-refractivity contribution in [3.8, 4) is 0 Å². The van der Waals surface area contributed by atoms with E-state index in [9.17, 15) is 0 Å². The van der Waals surface area contributed by atoms with Crippen molar-refractivity contribution in [3.05, 3.63) is 42.0 Å². The Kier molecular flexibility index (Phi) is 4.18. The van der Waals surface area contributed by atoms with Crippen LogP contribution in [0.3, 0.4) is 0 Å². The summed E-state index contributed by atoms with van der Waals surface area (Å²) in [6.45, 7) is 7.80. The molecular formula is C19H24N6O. The van der Waals surface area contributed by atoms with Crippen LogP contribution in [0.15, 0.2) is 30.7 Å². The van der Waals surface area contributed by atoms with Gasteiger partial charge in [-0.2, -0.15) is 0 Å². The average Bonchev–Trinajstić information content (AvgIpc) is 2.68. The van der Waals surface area contributed by atoms with Crippen molar-refractivity contribution in [3.63, 3.8) is 0 Å². The third-order valence-electron chi connectivity index (χ3n) is 5.71. The summed E-state index contributed by atoms with van der Waals surface area (Å²) in [5, 5.41) is 0. The molecule has 7 nitrogen and oxygen atoms in total. The first-order valence-electron chi connectivity index (χ1n) is 9.44. The molecule has 26 heavy (non-hydrogen) atoms. The van der Waals surface area contributed by atoms with Crippen LogP contribution in [0.25, 0.3) is 0 Å². The lowest BCUT2D eigenvalue weighted by Gasteiger charge is -2.49. The molecule has 0 atom stereocenters. The van der Waals surface area contributed by atoms with Crippen LogP contribution >= 0.6 is 0 Å². The Balaban J connectivity index is 1.18. The second-order valence-electron chi connectivity index (χ2n) is 7.19. The highest BCUT2D eigenvalue weighted by atomic mass is 16.5. The third kappa shape index (κ3) is 2.91. The third-order valence-corrected chi connectivity index (χ3v) is 5.71. The maximum absolute atomic E-state index is 5.62. The maximum atomic E-state index is 5.62. The number of fused-ring (bicyclic) bond motifs is 1. The van der Waals surface area contributed by atoms with E-state index in [0.717, 1.165) is 69.6 Å². The van der Waals surface area contributed by atoms with E-state index in [1.807, 2.05) is 12.3 Å². The summed E-state index contributed by atoms with van der Waals surface area (Å²) in [5.74, 6) is 2.17. The first-order valence-corrected chi connectivity index (χ1v) is 9.44. The van der Waals surface area contributed by atoms with E-state index in [1.165, 1.54) is 5.56 Å². The second-order valence-corrected chi connectivity index (χ2v) is 7.19. The second kappa shape index (κ2) is 6.81. The molecule has 2 fully saturated rings. The van der Waals surface area contributed by atoms with Crippen LogP contribution in [0.1, 0.15) is 11.3 Å². The molecule has 7 heteroatoms. The summed E-state index contributed by atoms with van der Waals surface area (Å²) >= 11 is 0. The van der Waals surface area contributed by atoms with Crippen molar-refractivity contribution in [2.24, 2.45) is 0 Å². The normalized spacial score (nSPS) is 21.4. The number of rotatable bonds is 3. The Morgan fingerprint density at radius 2 is 1.85 bits per heavy atom. The van der Waals surface area contributed by atoms with Gasteiger partial charge in [0.05, 0.1) is 18.9 Å². The van der Waals surface area contributed by atoms with Crippen LogP contribution in [0.4, 0.5) is 11.6 Å². The minimum atomic E-state index is 0.621. The topological polar surface area (TPSA) is 57.6 Å². The molecule has 2 saturated heterocycles. The molecule has 3 aliphatic heterocycles. The van der Waals surface area contributed by atoms with E-state index in [-0.39, 0.29) is 0 Å². The number of pyridine rings is 1. The zero-order valence-corrected chi connectivity index (χ0v) is 14.9. The molecule has 0 aliphatic carbocycles. The summed E-state index contributed by atoms with van der Waals surface area (Å²) in [7, 11) is 0. The lowest BCUT2D eigenvalue weighted by molar-refractivity contribution is 0.108. The van der Waals surface area contributed by atoms with Crippen LogP contribution in [0.2, 0.25) is 0 Å². The fourth-order valence-corrected chi connectivity index (χ4v) is 4.13. The number of ether oxygens (including phenoxy) is 1. The maximum Gasteiger partial charge on any atom is 0.137 e. The highest BCUT2D eigenvalue weighted by Crippen LogP contribution is 2.29. The zero-order valence-electron chi connectivity index (χ0n) is 14.9. The number of anilines is 2. The predicted octanol–water partition coefficient (Wildman–Crippen LogP) is 0.955. The highest BCUT2D eigenvalue weighted by molar-refractivity contribution is 5.51. The molecule has 0 saturated carbocycles. The number of nitrogens with zero attached hydrogens (tertiary/aromatic N) is 6. The van der Waals surface area contributed by atoms with Crippen LogP contribution in [0, 0.1) is 0 Å². The number of hydrogen-bond donors (Lipinski definition) is 0. The summed E-state index contributed by atoms with van der Waals surface area (Å²) in [5.41, 5.74) is 2.35. The fraction of sp³-hybridized carbons (Fsp3) is 0.526. The largest absolute Gasteiger partial charge is 0.376 e. The molecule has 0 bridgehead atoms. The molecule has 5 heterocycles. The van der Waals surface area contributed by atoms with E-state index in [0.29, 0.717) is 12.6 Å². The molecule has 2 aromatic heterocycles. The molecule has 5 rings (SSSR count). The van der Waals surface area contributed by atoms with Gasteiger partial charge in [-0.25, -0.2) is 15.0 Å². The van der Waals surface area contributed by atoms with Gasteiger partial charge in [-0.1, -0.05) is 6.07 Å². The molecule has 0 aromatic carbocycles. The van der Waals surface area contributed by atoms with Crippen molar-refractivity contribution < 1.29 is 4.74 Å². The van der Waals surface area contributed by atoms with Gasteiger partial charge in [-0.3, -0.25) is 4.90 Å². The smallest absolute Gasteiger partial charge is 0.137 e. The summed E-state index contributed by atoms with van der Waals surface area (Å²) in [6, 6.07) is 6.75. The number of piperazine rings is 1. The molecule has 136 valence electrons. The predicted molar refractivity (Wildman–Crippen MR) is 99.4 cm³/mol. The van der Waals surface area contributed by atoms with Gasteiger partial charge in [0, 0.05) is 63.5 Å². The molecule has 0 unspecified atom stereocenters. The molecular weight excluding hydrogens is 328 g/mol. The fourth-order valence-electron chi connectivity index (χ4n) is 4.13. The molecule has 2 aromatic rings. The van der Waals surface area contributed by atoms with E-state index in [4.69, 9.17) is 4.74 Å². The lowest BCUT2D eigenvalue weighted by Crippen LogP contribution is -2.63. The molecule has 0 radical (unpaired) electrons. The Bertz CT molecular complexity index is 756. The lowest BCUT2D eigenvalue weighted by atomic mass is 10.0. The highest BCUT2D eigenvalue weighted by Gasteiger charge is 2.36. The quantitative estimate of drug-likeness (QED) is 0.815. The Morgan fingerprint density at radius 1 is 0.962 bits per heavy atom. The average molecular weight is 352 g/mol. The van der Waals surface area contributed by atoms with Gasteiger partial charge >= 0.3 is 0 Å². The van der Waals surface area contributed by atoms with Gasteiger partial charge in [0.2, 0.25) is 0 Å². The van der Waals surface area contributed by atoms with Gasteiger partial charge in [0.25, 0.3) is 0 Å². The minimum absolute atomic E-state index is 0.621. The van der Waals surface area contributed by atoms with Crippen molar-refractivity contribution >= 4 is 11.6 Å². The monoisotopic (exact) mass is 352 g/mol. The summed E-state index contributed by atoms with van der Waals surface area (Å²) in [4.78, 5) is 20.8.